The van der Waals surface area contributed by atoms with Crippen LogP contribution in [0.4, 0.5) is 5.69 Å². The van der Waals surface area contributed by atoms with Crippen LogP contribution in [0.25, 0.3) is 33.5 Å². The van der Waals surface area contributed by atoms with Gasteiger partial charge >= 0.3 is 0 Å². The second kappa shape index (κ2) is 10.8. The Balaban J connectivity index is 1.48. The largest absolute Gasteiger partial charge is 0.352 e. The van der Waals surface area contributed by atoms with E-state index >= 15 is 0 Å². The Morgan fingerprint density at radius 1 is 0.892 bits per heavy atom. The van der Waals surface area contributed by atoms with Gasteiger partial charge in [-0.2, -0.15) is 0 Å². The molecule has 8 heteroatoms. The predicted molar refractivity (Wildman–Crippen MR) is 144 cm³/mol. The molecule has 0 radical (unpaired) electrons. The van der Waals surface area contributed by atoms with Gasteiger partial charge in [-0.1, -0.05) is 48.5 Å². The molecule has 0 fully saturated rings. The SMILES string of the molecule is CC(=O)Nc1ccccc1-c1nc2ccc(C(=O)NCCCn3ccnc3)cc2nc1-c1ccccc1. The molecular weight excluding hydrogens is 464 g/mol. The van der Waals surface area contributed by atoms with Gasteiger partial charge in [-0.3, -0.25) is 9.59 Å². The van der Waals surface area contributed by atoms with Crippen molar-refractivity contribution in [3.05, 3.63) is 97.1 Å². The summed E-state index contributed by atoms with van der Waals surface area (Å²) in [7, 11) is 0. The maximum absolute atomic E-state index is 12.8. The molecule has 0 spiro atoms. The molecule has 0 saturated heterocycles. The Hall–Kier alpha value is -4.85. The van der Waals surface area contributed by atoms with Crippen LogP contribution in [0, 0.1) is 0 Å². The molecule has 2 N–H and O–H groups in total. The van der Waals surface area contributed by atoms with Crippen molar-refractivity contribution < 1.29 is 9.59 Å². The minimum Gasteiger partial charge on any atom is -0.352 e. The molecule has 0 atom stereocenters. The average molecular weight is 491 g/mol. The molecule has 37 heavy (non-hydrogen) atoms. The number of imidazole rings is 1. The van der Waals surface area contributed by atoms with Crippen molar-refractivity contribution in [3.63, 3.8) is 0 Å². The van der Waals surface area contributed by atoms with Gasteiger partial charge < -0.3 is 15.2 Å². The van der Waals surface area contributed by atoms with Crippen LogP contribution >= 0.6 is 0 Å². The number of nitrogens with one attached hydrogen (secondary N) is 2. The third-order valence-corrected chi connectivity index (χ3v) is 5.90. The zero-order chi connectivity index (χ0) is 25.6. The lowest BCUT2D eigenvalue weighted by Crippen LogP contribution is -2.25. The number of carbonyl (C=O) groups is 2. The molecule has 2 amide bonds. The summed E-state index contributed by atoms with van der Waals surface area (Å²) >= 11 is 0. The highest BCUT2D eigenvalue weighted by atomic mass is 16.2. The van der Waals surface area contributed by atoms with Gasteiger partial charge in [0.1, 0.15) is 0 Å². The third-order valence-electron chi connectivity index (χ3n) is 5.90. The lowest BCUT2D eigenvalue weighted by molar-refractivity contribution is -0.114. The maximum Gasteiger partial charge on any atom is 0.251 e. The fourth-order valence-corrected chi connectivity index (χ4v) is 4.15. The van der Waals surface area contributed by atoms with Crippen LogP contribution in [0.15, 0.2) is 91.5 Å². The normalized spacial score (nSPS) is 10.8. The Morgan fingerprint density at radius 3 is 2.46 bits per heavy atom. The lowest BCUT2D eigenvalue weighted by Gasteiger charge is -2.14. The molecular formula is C29H26N6O2. The first kappa shape index (κ1) is 23.9. The number of benzene rings is 3. The predicted octanol–water partition coefficient (Wildman–Crippen LogP) is 4.94. The van der Waals surface area contributed by atoms with E-state index in [-0.39, 0.29) is 11.8 Å². The van der Waals surface area contributed by atoms with Gasteiger partial charge in [-0.05, 0) is 30.7 Å². The molecule has 184 valence electrons. The van der Waals surface area contributed by atoms with Crippen LogP contribution in [0.2, 0.25) is 0 Å². The van der Waals surface area contributed by atoms with E-state index in [0.717, 1.165) is 24.1 Å². The van der Waals surface area contributed by atoms with E-state index in [1.165, 1.54) is 6.92 Å². The number of rotatable bonds is 8. The smallest absolute Gasteiger partial charge is 0.251 e. The Kier molecular flexibility index (Phi) is 6.98. The van der Waals surface area contributed by atoms with Gasteiger partial charge in [0.25, 0.3) is 5.91 Å². The number of amides is 2. The van der Waals surface area contributed by atoms with Crippen LogP contribution in [0.3, 0.4) is 0 Å². The van der Waals surface area contributed by atoms with Gasteiger partial charge in [0.2, 0.25) is 5.91 Å². The van der Waals surface area contributed by atoms with Crippen molar-refractivity contribution in [3.8, 4) is 22.5 Å². The summed E-state index contributed by atoms with van der Waals surface area (Å²) in [5.41, 5.74) is 5.44. The van der Waals surface area contributed by atoms with Crippen LogP contribution in [-0.4, -0.2) is 37.9 Å². The first-order chi connectivity index (χ1) is 18.1. The Bertz CT molecular complexity index is 1550. The summed E-state index contributed by atoms with van der Waals surface area (Å²) in [5.74, 6) is -0.321. The van der Waals surface area contributed by atoms with Crippen molar-refractivity contribution in [1.82, 2.24) is 24.8 Å². The molecule has 2 aromatic heterocycles. The van der Waals surface area contributed by atoms with Crippen molar-refractivity contribution in [2.24, 2.45) is 0 Å². The second-order valence-electron chi connectivity index (χ2n) is 8.63. The van der Waals surface area contributed by atoms with E-state index in [1.807, 2.05) is 71.4 Å². The number of nitrogens with zero attached hydrogens (tertiary/aromatic N) is 4. The van der Waals surface area contributed by atoms with Crippen LogP contribution in [0.5, 0.6) is 0 Å². The standard InChI is InChI=1S/C29H26N6O2/c1-20(36)32-24-11-6-5-10-23(24)28-27(21-8-3-2-4-9-21)34-26-18-22(12-13-25(26)33-28)29(37)31-14-7-16-35-17-15-30-19-35/h2-6,8-13,15,17-19H,7,14,16H2,1H3,(H,31,37)(H,32,36). The quantitative estimate of drug-likeness (QED) is 0.300. The zero-order valence-electron chi connectivity index (χ0n) is 20.4. The third kappa shape index (κ3) is 5.54. The first-order valence-electron chi connectivity index (χ1n) is 12.1. The molecule has 0 aliphatic rings. The number of carbonyl (C=O) groups excluding carboxylic acids is 2. The lowest BCUT2D eigenvalue weighted by atomic mass is 10.0. The molecule has 5 rings (SSSR count). The van der Waals surface area contributed by atoms with Crippen LogP contribution in [0.1, 0.15) is 23.7 Å². The van der Waals surface area contributed by atoms with E-state index in [0.29, 0.717) is 40.2 Å². The summed E-state index contributed by atoms with van der Waals surface area (Å²) in [5, 5.41) is 5.87. The number of hydrogen-bond donors (Lipinski definition) is 2. The minimum atomic E-state index is -0.164. The minimum absolute atomic E-state index is 0.157. The molecule has 5 aromatic rings. The number of aromatic nitrogens is 4. The highest BCUT2D eigenvalue weighted by Gasteiger charge is 2.17. The number of para-hydroxylation sites is 1. The molecule has 3 aromatic carbocycles. The Morgan fingerprint density at radius 2 is 1.68 bits per heavy atom. The highest BCUT2D eigenvalue weighted by molar-refractivity contribution is 5.99. The van der Waals surface area contributed by atoms with E-state index in [1.54, 1.807) is 24.7 Å². The number of anilines is 1. The first-order valence-corrected chi connectivity index (χ1v) is 12.1. The summed E-state index contributed by atoms with van der Waals surface area (Å²) in [6.45, 7) is 2.81. The molecule has 0 aliphatic heterocycles. The van der Waals surface area contributed by atoms with E-state index in [4.69, 9.17) is 9.97 Å². The molecule has 0 bridgehead atoms. The average Bonchev–Trinajstić information content (AvgIpc) is 3.44. The van der Waals surface area contributed by atoms with Crippen molar-refractivity contribution in [2.75, 3.05) is 11.9 Å². The fraction of sp³-hybridized carbons (Fsp3) is 0.138. The van der Waals surface area contributed by atoms with Crippen molar-refractivity contribution in [1.29, 1.82) is 0 Å². The van der Waals surface area contributed by atoms with Crippen LogP contribution in [-0.2, 0) is 11.3 Å². The monoisotopic (exact) mass is 490 g/mol. The zero-order valence-corrected chi connectivity index (χ0v) is 20.4. The van der Waals surface area contributed by atoms with Crippen molar-refractivity contribution >= 4 is 28.5 Å². The van der Waals surface area contributed by atoms with Crippen molar-refractivity contribution in [2.45, 2.75) is 19.9 Å². The number of aryl methyl sites for hydroxylation is 1. The fourth-order valence-electron chi connectivity index (χ4n) is 4.15. The van der Waals surface area contributed by atoms with E-state index in [9.17, 15) is 9.59 Å². The van der Waals surface area contributed by atoms with Gasteiger partial charge in [-0.25, -0.2) is 15.0 Å². The molecule has 0 saturated carbocycles. The number of hydrogen-bond acceptors (Lipinski definition) is 5. The summed E-state index contributed by atoms with van der Waals surface area (Å²) in [6, 6.07) is 22.6. The molecule has 0 unspecified atom stereocenters. The summed E-state index contributed by atoms with van der Waals surface area (Å²) < 4.78 is 1.98. The molecule has 8 nitrogen and oxygen atoms in total. The summed E-state index contributed by atoms with van der Waals surface area (Å²) in [6.07, 6.45) is 6.20. The van der Waals surface area contributed by atoms with Gasteiger partial charge in [-0.15, -0.1) is 0 Å². The highest BCUT2D eigenvalue weighted by Crippen LogP contribution is 2.35. The Labute approximate surface area is 214 Å². The van der Waals surface area contributed by atoms with Gasteiger partial charge in [0.05, 0.1) is 34.4 Å². The maximum atomic E-state index is 12.8. The van der Waals surface area contributed by atoms with Crippen LogP contribution < -0.4 is 10.6 Å². The second-order valence-corrected chi connectivity index (χ2v) is 8.63. The molecule has 0 aliphatic carbocycles. The van der Waals surface area contributed by atoms with E-state index in [2.05, 4.69) is 15.6 Å². The topological polar surface area (TPSA) is 102 Å². The van der Waals surface area contributed by atoms with Gasteiger partial charge in [0.15, 0.2) is 0 Å². The van der Waals surface area contributed by atoms with Gasteiger partial charge in [0, 0.05) is 49.1 Å². The van der Waals surface area contributed by atoms with E-state index < -0.39 is 0 Å². The summed E-state index contributed by atoms with van der Waals surface area (Å²) in [4.78, 5) is 38.6. The molecule has 2 heterocycles. The number of fused-ring (bicyclic) bond motifs is 1.